The summed E-state index contributed by atoms with van der Waals surface area (Å²) in [6, 6.07) is 29.5. The van der Waals surface area contributed by atoms with Crippen LogP contribution in [0, 0.1) is 0 Å². The van der Waals surface area contributed by atoms with Crippen LogP contribution in [0.4, 0.5) is 0 Å². The van der Waals surface area contributed by atoms with Gasteiger partial charge in [-0.25, -0.2) is 0 Å². The largest absolute Gasteiger partial charge is 0.362 e. The summed E-state index contributed by atoms with van der Waals surface area (Å²) in [5.41, 5.74) is 2.91. The molecular formula is C22H22O2. The average Bonchev–Trinajstić information content (AvgIpc) is 2.64. The van der Waals surface area contributed by atoms with E-state index in [4.69, 9.17) is 0 Å². The van der Waals surface area contributed by atoms with E-state index >= 15 is 0 Å². The van der Waals surface area contributed by atoms with Crippen molar-refractivity contribution in [1.82, 2.24) is 0 Å². The molecule has 0 radical (unpaired) electrons. The maximum atomic E-state index is 10.5. The van der Waals surface area contributed by atoms with E-state index in [-0.39, 0.29) is 12.3 Å². The van der Waals surface area contributed by atoms with Crippen molar-refractivity contribution in [3.05, 3.63) is 108 Å². The first-order chi connectivity index (χ1) is 11.7. The predicted octanol–water partition coefficient (Wildman–Crippen LogP) is 4.44. The van der Waals surface area contributed by atoms with Gasteiger partial charge >= 0.3 is 0 Å². The molecule has 0 bridgehead atoms. The fourth-order valence-corrected chi connectivity index (χ4v) is 3.09. The molecule has 0 amide bonds. The van der Waals surface area contributed by atoms with Gasteiger partial charge in [0.05, 0.1) is 0 Å². The highest BCUT2D eigenvalue weighted by atomic mass is 16.5. The Bertz CT molecular complexity index is 697. The minimum absolute atomic E-state index is 0.134. The first-order valence-electron chi connectivity index (χ1n) is 8.27. The molecular weight excluding hydrogens is 296 g/mol. The fraction of sp³-hybridized carbons (Fsp3) is 0.182. The van der Waals surface area contributed by atoms with Gasteiger partial charge in [-0.1, -0.05) is 91.0 Å². The lowest BCUT2D eigenvalue weighted by molar-refractivity contribution is -0.175. The van der Waals surface area contributed by atoms with Crippen LogP contribution < -0.4 is 0 Å². The molecule has 0 fully saturated rings. The van der Waals surface area contributed by atoms with Crippen molar-refractivity contribution in [2.75, 3.05) is 0 Å². The molecule has 0 saturated heterocycles. The Morgan fingerprint density at radius 1 is 0.625 bits per heavy atom. The Kier molecular flexibility index (Phi) is 5.09. The van der Waals surface area contributed by atoms with Crippen molar-refractivity contribution in [3.63, 3.8) is 0 Å². The summed E-state index contributed by atoms with van der Waals surface area (Å²) >= 11 is 0. The maximum Gasteiger partial charge on any atom is 0.189 e. The molecule has 2 N–H and O–H groups in total. The molecule has 0 heterocycles. The second-order valence-electron chi connectivity index (χ2n) is 6.10. The molecule has 0 atom stereocenters. The smallest absolute Gasteiger partial charge is 0.189 e. The third-order valence-corrected chi connectivity index (χ3v) is 4.42. The van der Waals surface area contributed by atoms with Crippen molar-refractivity contribution in [1.29, 1.82) is 0 Å². The molecule has 0 aliphatic rings. The van der Waals surface area contributed by atoms with Crippen LogP contribution in [0.5, 0.6) is 0 Å². The summed E-state index contributed by atoms with van der Waals surface area (Å²) in [5, 5.41) is 21.0. The van der Waals surface area contributed by atoms with Crippen molar-refractivity contribution < 1.29 is 10.2 Å². The molecule has 0 aromatic heterocycles. The minimum atomic E-state index is -1.82. The zero-order valence-electron chi connectivity index (χ0n) is 13.5. The molecule has 3 rings (SSSR count). The Labute approximate surface area is 143 Å². The van der Waals surface area contributed by atoms with E-state index in [0.717, 1.165) is 0 Å². The molecule has 0 unspecified atom stereocenters. The Hall–Kier alpha value is -2.42. The monoisotopic (exact) mass is 318 g/mol. The topological polar surface area (TPSA) is 40.5 Å². The summed E-state index contributed by atoms with van der Waals surface area (Å²) in [5.74, 6) is -1.68. The number of benzene rings is 3. The molecule has 24 heavy (non-hydrogen) atoms. The molecule has 3 aromatic carbocycles. The molecule has 2 nitrogen and oxygen atoms in total. The van der Waals surface area contributed by atoms with E-state index in [2.05, 4.69) is 24.3 Å². The molecule has 0 spiro atoms. The van der Waals surface area contributed by atoms with Crippen LogP contribution in [0.2, 0.25) is 0 Å². The van der Waals surface area contributed by atoms with Gasteiger partial charge in [-0.2, -0.15) is 0 Å². The zero-order chi connectivity index (χ0) is 16.8. The van der Waals surface area contributed by atoms with E-state index in [1.165, 1.54) is 11.1 Å². The highest BCUT2D eigenvalue weighted by Crippen LogP contribution is 2.33. The minimum Gasteiger partial charge on any atom is -0.362 e. The first-order valence-corrected chi connectivity index (χ1v) is 8.27. The summed E-state index contributed by atoms with van der Waals surface area (Å²) in [6.45, 7) is 0. The molecule has 0 aliphatic carbocycles. The molecule has 0 saturated carbocycles. The quantitative estimate of drug-likeness (QED) is 0.660. The summed E-state index contributed by atoms with van der Waals surface area (Å²) in [6.07, 6.45) is 0.918. The second-order valence-corrected chi connectivity index (χ2v) is 6.10. The third kappa shape index (κ3) is 3.91. The number of aliphatic hydroxyl groups is 2. The Morgan fingerprint density at radius 3 is 1.50 bits per heavy atom. The fourth-order valence-electron chi connectivity index (χ4n) is 3.09. The standard InChI is InChI=1S/C22H22O2/c23-22(24,20-14-8-3-9-15-20)17-16-21(18-10-4-1-5-11-18)19-12-6-2-7-13-19/h1-15,21,23-24H,16-17H2. The second kappa shape index (κ2) is 7.43. The van der Waals surface area contributed by atoms with Gasteiger partial charge in [0, 0.05) is 17.9 Å². The van der Waals surface area contributed by atoms with E-state index in [1.807, 2.05) is 54.6 Å². The normalized spacial score (nSPS) is 11.6. The van der Waals surface area contributed by atoms with Gasteiger partial charge in [-0.15, -0.1) is 0 Å². The van der Waals surface area contributed by atoms with Crippen LogP contribution in [0.15, 0.2) is 91.0 Å². The van der Waals surface area contributed by atoms with Crippen molar-refractivity contribution >= 4 is 0 Å². The Morgan fingerprint density at radius 2 is 1.04 bits per heavy atom. The SMILES string of the molecule is OC(O)(CCC(c1ccccc1)c1ccccc1)c1ccccc1. The van der Waals surface area contributed by atoms with Crippen molar-refractivity contribution in [3.8, 4) is 0 Å². The number of hydrogen-bond donors (Lipinski definition) is 2. The van der Waals surface area contributed by atoms with Crippen LogP contribution in [-0.4, -0.2) is 10.2 Å². The van der Waals surface area contributed by atoms with Gasteiger partial charge in [0.1, 0.15) is 0 Å². The summed E-state index contributed by atoms with van der Waals surface area (Å²) in [7, 11) is 0. The predicted molar refractivity (Wildman–Crippen MR) is 96.5 cm³/mol. The molecule has 0 aliphatic heterocycles. The summed E-state index contributed by atoms with van der Waals surface area (Å²) < 4.78 is 0. The van der Waals surface area contributed by atoms with Crippen LogP contribution in [0.25, 0.3) is 0 Å². The first kappa shape index (κ1) is 16.4. The van der Waals surface area contributed by atoms with E-state index in [9.17, 15) is 10.2 Å². The molecule has 122 valence electrons. The highest BCUT2D eigenvalue weighted by Gasteiger charge is 2.27. The third-order valence-electron chi connectivity index (χ3n) is 4.42. The molecule has 2 heteroatoms. The average molecular weight is 318 g/mol. The van der Waals surface area contributed by atoms with Gasteiger partial charge in [-0.3, -0.25) is 0 Å². The zero-order valence-corrected chi connectivity index (χ0v) is 13.5. The van der Waals surface area contributed by atoms with Crippen LogP contribution in [0.3, 0.4) is 0 Å². The lowest BCUT2D eigenvalue weighted by Gasteiger charge is -2.26. The van der Waals surface area contributed by atoms with E-state index in [1.54, 1.807) is 12.1 Å². The number of rotatable bonds is 6. The summed E-state index contributed by atoms with van der Waals surface area (Å²) in [4.78, 5) is 0. The van der Waals surface area contributed by atoms with Crippen LogP contribution in [-0.2, 0) is 5.79 Å². The van der Waals surface area contributed by atoms with Crippen LogP contribution in [0.1, 0.15) is 35.4 Å². The number of hydrogen-bond acceptors (Lipinski definition) is 2. The van der Waals surface area contributed by atoms with Gasteiger partial charge in [0.25, 0.3) is 0 Å². The van der Waals surface area contributed by atoms with Gasteiger partial charge in [0.2, 0.25) is 0 Å². The molecule has 3 aromatic rings. The lowest BCUT2D eigenvalue weighted by Crippen LogP contribution is -2.25. The Balaban J connectivity index is 1.83. The van der Waals surface area contributed by atoms with E-state index < -0.39 is 5.79 Å². The van der Waals surface area contributed by atoms with E-state index in [0.29, 0.717) is 12.0 Å². The van der Waals surface area contributed by atoms with Gasteiger partial charge < -0.3 is 10.2 Å². The van der Waals surface area contributed by atoms with Crippen molar-refractivity contribution in [2.24, 2.45) is 0 Å². The highest BCUT2D eigenvalue weighted by molar-refractivity contribution is 5.32. The van der Waals surface area contributed by atoms with Crippen molar-refractivity contribution in [2.45, 2.75) is 24.5 Å². The van der Waals surface area contributed by atoms with Gasteiger partial charge in [0.15, 0.2) is 5.79 Å². The van der Waals surface area contributed by atoms with Gasteiger partial charge in [-0.05, 0) is 17.5 Å². The maximum absolute atomic E-state index is 10.5. The lowest BCUT2D eigenvalue weighted by atomic mass is 9.85. The van der Waals surface area contributed by atoms with Crippen LogP contribution >= 0.6 is 0 Å².